The maximum atomic E-state index is 5.97. The average Bonchev–Trinajstić information content (AvgIpc) is 2.49. The highest BCUT2D eigenvalue weighted by Gasteiger charge is 2.21. The Kier molecular flexibility index (Phi) is 3.28. The second-order valence-corrected chi connectivity index (χ2v) is 4.81. The molecule has 0 unspecified atom stereocenters. The second kappa shape index (κ2) is 5.24. The molecule has 6 heteroatoms. The number of rotatable bonds is 2. The molecule has 0 saturated carbocycles. The summed E-state index contributed by atoms with van der Waals surface area (Å²) in [7, 11) is 0. The third-order valence-corrected chi connectivity index (χ3v) is 3.51. The summed E-state index contributed by atoms with van der Waals surface area (Å²) in [5, 5.41) is 0. The highest BCUT2D eigenvalue weighted by atomic mass is 15.3. The monoisotopic (exact) mass is 270 g/mol. The van der Waals surface area contributed by atoms with Crippen LogP contribution in [0.25, 0.3) is 0 Å². The van der Waals surface area contributed by atoms with Crippen molar-refractivity contribution in [3.63, 3.8) is 0 Å². The van der Waals surface area contributed by atoms with Crippen LogP contribution in [0.1, 0.15) is 0 Å². The predicted octanol–water partition coefficient (Wildman–Crippen LogP) is 0.968. The summed E-state index contributed by atoms with van der Waals surface area (Å²) >= 11 is 0. The van der Waals surface area contributed by atoms with Crippen molar-refractivity contribution in [3.8, 4) is 0 Å². The number of nitrogens with two attached hydrogens (primary N) is 2. The fourth-order valence-corrected chi connectivity index (χ4v) is 2.48. The largest absolute Gasteiger partial charge is 0.396 e. The number of piperazine rings is 1. The van der Waals surface area contributed by atoms with Gasteiger partial charge in [-0.2, -0.15) is 0 Å². The van der Waals surface area contributed by atoms with Gasteiger partial charge in [-0.15, -0.1) is 0 Å². The summed E-state index contributed by atoms with van der Waals surface area (Å²) in [6.07, 6.45) is 3.55. The number of hydrogen-bond acceptors (Lipinski definition) is 6. The van der Waals surface area contributed by atoms with E-state index in [-0.39, 0.29) is 0 Å². The van der Waals surface area contributed by atoms with Gasteiger partial charge in [0.1, 0.15) is 0 Å². The number of pyridine rings is 2. The Morgan fingerprint density at radius 2 is 1.15 bits per heavy atom. The van der Waals surface area contributed by atoms with Crippen LogP contribution in [-0.2, 0) is 0 Å². The average molecular weight is 270 g/mol. The molecule has 6 nitrogen and oxygen atoms in total. The van der Waals surface area contributed by atoms with Gasteiger partial charge in [0.05, 0.1) is 11.4 Å². The van der Waals surface area contributed by atoms with Gasteiger partial charge in [-0.25, -0.2) is 9.97 Å². The number of anilines is 4. The first-order valence-electron chi connectivity index (χ1n) is 6.66. The van der Waals surface area contributed by atoms with Gasteiger partial charge in [-0.05, 0) is 24.3 Å². The maximum Gasteiger partial charge on any atom is 0.151 e. The lowest BCUT2D eigenvalue weighted by Gasteiger charge is -2.36. The van der Waals surface area contributed by atoms with Crippen LogP contribution in [0.15, 0.2) is 36.7 Å². The zero-order valence-corrected chi connectivity index (χ0v) is 11.2. The molecule has 2 aromatic heterocycles. The molecule has 2 aromatic rings. The van der Waals surface area contributed by atoms with Crippen molar-refractivity contribution >= 4 is 23.0 Å². The third kappa shape index (κ3) is 2.32. The summed E-state index contributed by atoms with van der Waals surface area (Å²) in [6, 6.07) is 7.46. The van der Waals surface area contributed by atoms with E-state index in [2.05, 4.69) is 19.8 Å². The van der Waals surface area contributed by atoms with Gasteiger partial charge in [-0.3, -0.25) is 0 Å². The molecule has 20 heavy (non-hydrogen) atoms. The molecule has 0 bridgehead atoms. The molecule has 0 aliphatic carbocycles. The quantitative estimate of drug-likeness (QED) is 0.846. The predicted molar refractivity (Wildman–Crippen MR) is 81.7 cm³/mol. The summed E-state index contributed by atoms with van der Waals surface area (Å²) < 4.78 is 0. The van der Waals surface area contributed by atoms with Crippen molar-refractivity contribution in [1.82, 2.24) is 9.97 Å². The standard InChI is InChI=1S/C14H18N6/c15-11-3-1-5-17-13(11)19-7-9-20(10-8-19)14-12(16)4-2-6-18-14/h1-6H,7-10,15-16H2. The van der Waals surface area contributed by atoms with Crippen LogP contribution < -0.4 is 21.3 Å². The molecule has 0 spiro atoms. The van der Waals surface area contributed by atoms with Crippen LogP contribution in [0.5, 0.6) is 0 Å². The molecule has 3 rings (SSSR count). The molecule has 0 amide bonds. The van der Waals surface area contributed by atoms with Gasteiger partial charge in [0, 0.05) is 38.6 Å². The van der Waals surface area contributed by atoms with E-state index in [1.165, 1.54) is 0 Å². The van der Waals surface area contributed by atoms with E-state index >= 15 is 0 Å². The Hall–Kier alpha value is -2.50. The van der Waals surface area contributed by atoms with Crippen LogP contribution in [0, 0.1) is 0 Å². The van der Waals surface area contributed by atoms with E-state index in [9.17, 15) is 0 Å². The number of hydrogen-bond donors (Lipinski definition) is 2. The zero-order chi connectivity index (χ0) is 13.9. The highest BCUT2D eigenvalue weighted by Crippen LogP contribution is 2.24. The molecule has 0 atom stereocenters. The Balaban J connectivity index is 1.72. The minimum atomic E-state index is 0.721. The normalized spacial score (nSPS) is 15.4. The van der Waals surface area contributed by atoms with E-state index in [1.54, 1.807) is 12.4 Å². The van der Waals surface area contributed by atoms with Crippen LogP contribution in [0.4, 0.5) is 23.0 Å². The van der Waals surface area contributed by atoms with Gasteiger partial charge < -0.3 is 21.3 Å². The molecule has 1 saturated heterocycles. The van der Waals surface area contributed by atoms with Crippen molar-refractivity contribution in [1.29, 1.82) is 0 Å². The number of nitrogen functional groups attached to an aromatic ring is 2. The Morgan fingerprint density at radius 3 is 1.50 bits per heavy atom. The van der Waals surface area contributed by atoms with Gasteiger partial charge in [0.2, 0.25) is 0 Å². The zero-order valence-electron chi connectivity index (χ0n) is 11.2. The number of nitrogens with zero attached hydrogens (tertiary/aromatic N) is 4. The van der Waals surface area contributed by atoms with Crippen molar-refractivity contribution < 1.29 is 0 Å². The fourth-order valence-electron chi connectivity index (χ4n) is 2.48. The first-order chi connectivity index (χ1) is 9.75. The van der Waals surface area contributed by atoms with Crippen molar-refractivity contribution in [2.24, 2.45) is 0 Å². The maximum absolute atomic E-state index is 5.97. The molecule has 4 N–H and O–H groups in total. The topological polar surface area (TPSA) is 84.3 Å². The van der Waals surface area contributed by atoms with E-state index in [1.807, 2.05) is 24.3 Å². The van der Waals surface area contributed by atoms with Crippen LogP contribution in [0.3, 0.4) is 0 Å². The first-order valence-corrected chi connectivity index (χ1v) is 6.66. The van der Waals surface area contributed by atoms with E-state index in [0.29, 0.717) is 0 Å². The molecule has 1 aliphatic heterocycles. The van der Waals surface area contributed by atoms with Gasteiger partial charge >= 0.3 is 0 Å². The second-order valence-electron chi connectivity index (χ2n) is 4.81. The Morgan fingerprint density at radius 1 is 0.750 bits per heavy atom. The first kappa shape index (κ1) is 12.5. The molecule has 0 aromatic carbocycles. The van der Waals surface area contributed by atoms with Crippen LogP contribution in [0.2, 0.25) is 0 Å². The highest BCUT2D eigenvalue weighted by molar-refractivity contribution is 5.65. The van der Waals surface area contributed by atoms with Crippen LogP contribution >= 0.6 is 0 Å². The van der Waals surface area contributed by atoms with E-state index in [0.717, 1.165) is 49.2 Å². The lowest BCUT2D eigenvalue weighted by atomic mass is 10.2. The lowest BCUT2D eigenvalue weighted by molar-refractivity contribution is 0.643. The summed E-state index contributed by atoms with van der Waals surface area (Å²) in [4.78, 5) is 13.1. The minimum absolute atomic E-state index is 0.721. The fraction of sp³-hybridized carbons (Fsp3) is 0.286. The number of aromatic nitrogens is 2. The molecule has 1 fully saturated rings. The smallest absolute Gasteiger partial charge is 0.151 e. The molecular weight excluding hydrogens is 252 g/mol. The van der Waals surface area contributed by atoms with Crippen molar-refractivity contribution in [2.45, 2.75) is 0 Å². The van der Waals surface area contributed by atoms with Gasteiger partial charge in [0.25, 0.3) is 0 Å². The third-order valence-electron chi connectivity index (χ3n) is 3.51. The lowest BCUT2D eigenvalue weighted by Crippen LogP contribution is -2.47. The summed E-state index contributed by atoms with van der Waals surface area (Å²) in [5.74, 6) is 1.72. The SMILES string of the molecule is Nc1cccnc1N1CCN(c2ncccc2N)CC1. The van der Waals surface area contributed by atoms with Crippen LogP contribution in [-0.4, -0.2) is 36.1 Å². The van der Waals surface area contributed by atoms with Crippen molar-refractivity contribution in [3.05, 3.63) is 36.7 Å². The molecule has 3 heterocycles. The molecule has 1 aliphatic rings. The van der Waals surface area contributed by atoms with Gasteiger partial charge in [0.15, 0.2) is 11.6 Å². The Bertz CT molecular complexity index is 538. The Labute approximate surface area is 118 Å². The summed E-state index contributed by atoms with van der Waals surface area (Å²) in [5.41, 5.74) is 13.4. The van der Waals surface area contributed by atoms with Crippen molar-refractivity contribution in [2.75, 3.05) is 47.4 Å². The van der Waals surface area contributed by atoms with Gasteiger partial charge in [-0.1, -0.05) is 0 Å². The molecule has 104 valence electrons. The molecule has 0 radical (unpaired) electrons. The van der Waals surface area contributed by atoms with E-state index in [4.69, 9.17) is 11.5 Å². The molecular formula is C14H18N6. The summed E-state index contributed by atoms with van der Waals surface area (Å²) in [6.45, 7) is 3.43. The van der Waals surface area contributed by atoms with E-state index < -0.39 is 0 Å². The minimum Gasteiger partial charge on any atom is -0.396 e.